The Morgan fingerprint density at radius 3 is 2.25 bits per heavy atom. The van der Waals surface area contributed by atoms with Gasteiger partial charge < -0.3 is 18.9 Å². The zero-order valence-corrected chi connectivity index (χ0v) is 23.1. The van der Waals surface area contributed by atoms with E-state index in [1.54, 1.807) is 6.92 Å². The lowest BCUT2D eigenvalue weighted by Gasteiger charge is -2.24. The number of carbonyl (C=O) groups is 4. The molecule has 1 aliphatic heterocycles. The molecule has 1 fully saturated rings. The van der Waals surface area contributed by atoms with Gasteiger partial charge in [0.15, 0.2) is 40.6 Å². The summed E-state index contributed by atoms with van der Waals surface area (Å²) < 4.78 is 61.5. The summed E-state index contributed by atoms with van der Waals surface area (Å²) >= 11 is 0.729. The first-order valence-corrected chi connectivity index (χ1v) is 13.1. The van der Waals surface area contributed by atoms with E-state index in [1.807, 2.05) is 0 Å². The van der Waals surface area contributed by atoms with Gasteiger partial charge in [0.2, 0.25) is 5.91 Å². The first-order valence-electron chi connectivity index (χ1n) is 12.1. The second-order valence-electron chi connectivity index (χ2n) is 8.65. The molecular formula is C23H28F3N5O8S. The van der Waals surface area contributed by atoms with Crippen LogP contribution in [-0.4, -0.2) is 86.7 Å². The van der Waals surface area contributed by atoms with Crippen molar-refractivity contribution < 1.29 is 51.3 Å². The maximum atomic E-state index is 12.8. The molecule has 1 amide bonds. The number of nitrogens with zero attached hydrogens (tertiary/aromatic N) is 5. The van der Waals surface area contributed by atoms with Crippen LogP contribution in [0.15, 0.2) is 11.5 Å². The van der Waals surface area contributed by atoms with Crippen molar-refractivity contribution in [3.63, 3.8) is 0 Å². The molecule has 13 nitrogen and oxygen atoms in total. The molecule has 0 saturated carbocycles. The minimum atomic E-state index is -4.39. The van der Waals surface area contributed by atoms with Crippen molar-refractivity contribution in [3.8, 4) is 0 Å². The summed E-state index contributed by atoms with van der Waals surface area (Å²) in [6, 6.07) is 0. The van der Waals surface area contributed by atoms with Gasteiger partial charge >= 0.3 is 24.1 Å². The van der Waals surface area contributed by atoms with Crippen LogP contribution in [0.2, 0.25) is 0 Å². The van der Waals surface area contributed by atoms with Gasteiger partial charge in [-0.15, -0.1) is 0 Å². The van der Waals surface area contributed by atoms with Crippen LogP contribution in [-0.2, 0) is 38.1 Å². The number of thioether (sulfide) groups is 1. The van der Waals surface area contributed by atoms with Crippen LogP contribution in [0.25, 0.3) is 11.2 Å². The molecule has 2 aromatic rings. The maximum Gasteiger partial charge on any atom is 0.389 e. The van der Waals surface area contributed by atoms with E-state index in [2.05, 4.69) is 15.0 Å². The molecule has 17 heteroatoms. The van der Waals surface area contributed by atoms with E-state index in [9.17, 15) is 32.3 Å². The molecule has 40 heavy (non-hydrogen) atoms. The monoisotopic (exact) mass is 591 g/mol. The Morgan fingerprint density at radius 2 is 1.70 bits per heavy atom. The maximum absolute atomic E-state index is 12.8. The van der Waals surface area contributed by atoms with Gasteiger partial charge in [0.05, 0.1) is 12.7 Å². The third-order valence-electron chi connectivity index (χ3n) is 5.57. The van der Waals surface area contributed by atoms with E-state index in [0.717, 1.165) is 25.6 Å². The smallest absolute Gasteiger partial charge is 0.389 e. The topological polar surface area (TPSA) is 152 Å². The van der Waals surface area contributed by atoms with Gasteiger partial charge in [-0.1, -0.05) is 11.8 Å². The summed E-state index contributed by atoms with van der Waals surface area (Å²) in [6.07, 6.45) is -8.97. The van der Waals surface area contributed by atoms with Crippen LogP contribution in [0.4, 0.5) is 19.0 Å². The first kappa shape index (κ1) is 31.1. The summed E-state index contributed by atoms with van der Waals surface area (Å²) in [5.41, 5.74) is 0.172. The van der Waals surface area contributed by atoms with Gasteiger partial charge in [-0.25, -0.2) is 15.0 Å². The average molecular weight is 592 g/mol. The number of hydrogen-bond acceptors (Lipinski definition) is 12. The van der Waals surface area contributed by atoms with Crippen molar-refractivity contribution >= 4 is 52.6 Å². The van der Waals surface area contributed by atoms with Crippen LogP contribution in [0.5, 0.6) is 0 Å². The average Bonchev–Trinajstić information content (AvgIpc) is 3.38. The number of rotatable bonds is 10. The number of hydrogen-bond donors (Lipinski definition) is 0. The van der Waals surface area contributed by atoms with Gasteiger partial charge in [-0.2, -0.15) is 13.2 Å². The number of anilines is 1. The molecule has 0 radical (unpaired) electrons. The molecule has 0 aromatic carbocycles. The van der Waals surface area contributed by atoms with Crippen LogP contribution < -0.4 is 4.90 Å². The van der Waals surface area contributed by atoms with Crippen molar-refractivity contribution in [1.29, 1.82) is 0 Å². The molecule has 0 unspecified atom stereocenters. The Hall–Kier alpha value is -3.47. The minimum absolute atomic E-state index is 0.0519. The predicted molar refractivity (Wildman–Crippen MR) is 132 cm³/mol. The van der Waals surface area contributed by atoms with Gasteiger partial charge in [-0.3, -0.25) is 28.6 Å². The summed E-state index contributed by atoms with van der Waals surface area (Å²) in [5.74, 6) is -2.81. The SMILES string of the molecule is CCN(C(C)=O)c1nc(SCCC(F)(F)F)nc2c1ncn2[C@@H]1O[C@H](COC(C)=O)[C@@H](OC(C)=O)[C@H]1OC(C)=O. The van der Waals surface area contributed by atoms with Crippen LogP contribution in [0.3, 0.4) is 0 Å². The molecule has 1 aliphatic rings. The third-order valence-corrected chi connectivity index (χ3v) is 6.41. The number of carbonyl (C=O) groups excluding carboxylic acids is 4. The zero-order chi connectivity index (χ0) is 29.8. The quantitative estimate of drug-likeness (QED) is 0.173. The fourth-order valence-electron chi connectivity index (χ4n) is 4.02. The van der Waals surface area contributed by atoms with Gasteiger partial charge in [-0.05, 0) is 6.92 Å². The molecule has 0 N–H and O–H groups in total. The number of fused-ring (bicyclic) bond motifs is 1. The summed E-state index contributed by atoms with van der Waals surface area (Å²) in [7, 11) is 0. The molecule has 3 rings (SSSR count). The van der Waals surface area contributed by atoms with Crippen molar-refractivity contribution in [2.24, 2.45) is 0 Å². The number of aromatic nitrogens is 4. The highest BCUT2D eigenvalue weighted by atomic mass is 32.2. The zero-order valence-electron chi connectivity index (χ0n) is 22.3. The van der Waals surface area contributed by atoms with Crippen LogP contribution >= 0.6 is 11.8 Å². The number of esters is 3. The van der Waals surface area contributed by atoms with E-state index in [4.69, 9.17) is 18.9 Å². The molecule has 2 aromatic heterocycles. The molecular weight excluding hydrogens is 563 g/mol. The van der Waals surface area contributed by atoms with Gasteiger partial charge in [0, 0.05) is 40.0 Å². The largest absolute Gasteiger partial charge is 0.463 e. The fraction of sp³-hybridized carbons (Fsp3) is 0.609. The summed E-state index contributed by atoms with van der Waals surface area (Å²) in [6.45, 7) is 6.25. The standard InChI is InChI=1S/C23H28F3N5O8S/c1-6-30(11(2)32)19-16-20(29-22(28-19)40-8-7-23(24,25)26)31(10-27-16)21-18(38-14(5)35)17(37-13(4)34)15(39-21)9-36-12(3)33/h10,15,17-18,21H,6-9H2,1-5H3/t15-,17-,18-,21-/m1/s1. The highest BCUT2D eigenvalue weighted by molar-refractivity contribution is 7.99. The molecule has 0 spiro atoms. The second kappa shape index (κ2) is 12.8. The number of ether oxygens (including phenoxy) is 4. The summed E-state index contributed by atoms with van der Waals surface area (Å²) in [4.78, 5) is 61.9. The Balaban J connectivity index is 2.13. The van der Waals surface area contributed by atoms with Crippen molar-refractivity contribution in [2.45, 2.75) is 76.9 Å². The Morgan fingerprint density at radius 1 is 1.05 bits per heavy atom. The van der Waals surface area contributed by atoms with Crippen molar-refractivity contribution in [2.75, 3.05) is 23.8 Å². The third kappa shape index (κ3) is 7.59. The summed E-state index contributed by atoms with van der Waals surface area (Å²) in [5, 5.41) is -0.0665. The van der Waals surface area contributed by atoms with E-state index in [1.165, 1.54) is 29.6 Å². The molecule has 4 atom stereocenters. The molecule has 0 aliphatic carbocycles. The van der Waals surface area contributed by atoms with Crippen LogP contribution in [0.1, 0.15) is 47.3 Å². The molecule has 0 bridgehead atoms. The first-order chi connectivity index (χ1) is 18.7. The number of imidazole rings is 1. The lowest BCUT2D eigenvalue weighted by atomic mass is 10.1. The van der Waals surface area contributed by atoms with E-state index in [0.29, 0.717) is 0 Å². The van der Waals surface area contributed by atoms with Gasteiger partial charge in [0.25, 0.3) is 0 Å². The Bertz CT molecular complexity index is 1270. The molecule has 1 saturated heterocycles. The fourth-order valence-corrected chi connectivity index (χ4v) is 4.84. The number of halogens is 3. The Labute approximate surface area is 230 Å². The lowest BCUT2D eigenvalue weighted by Crippen LogP contribution is -2.40. The lowest BCUT2D eigenvalue weighted by molar-refractivity contribution is -0.166. The van der Waals surface area contributed by atoms with E-state index >= 15 is 0 Å². The van der Waals surface area contributed by atoms with E-state index < -0.39 is 61.0 Å². The predicted octanol–water partition coefficient (Wildman–Crippen LogP) is 2.57. The number of amides is 1. The van der Waals surface area contributed by atoms with Gasteiger partial charge in [0.1, 0.15) is 12.7 Å². The van der Waals surface area contributed by atoms with E-state index in [-0.39, 0.29) is 41.0 Å². The Kier molecular flexibility index (Phi) is 9.94. The van der Waals surface area contributed by atoms with Crippen molar-refractivity contribution in [3.05, 3.63) is 6.33 Å². The minimum Gasteiger partial charge on any atom is -0.463 e. The normalized spacial score (nSPS) is 20.8. The number of alkyl halides is 3. The van der Waals surface area contributed by atoms with Crippen molar-refractivity contribution in [1.82, 2.24) is 19.5 Å². The van der Waals surface area contributed by atoms with Crippen LogP contribution in [0, 0.1) is 0 Å². The highest BCUT2D eigenvalue weighted by Crippen LogP contribution is 2.37. The highest BCUT2D eigenvalue weighted by Gasteiger charge is 2.51. The second-order valence-corrected chi connectivity index (χ2v) is 9.71. The molecule has 220 valence electrons. The molecule has 3 heterocycles.